The smallest absolute Gasteiger partial charge is 0.287 e. The van der Waals surface area contributed by atoms with Crippen molar-refractivity contribution in [2.24, 2.45) is 0 Å². The number of halogens is 2. The number of fused-ring (bicyclic) bond motifs is 1. The van der Waals surface area contributed by atoms with Crippen LogP contribution in [0.15, 0.2) is 40.8 Å². The Labute approximate surface area is 143 Å². The van der Waals surface area contributed by atoms with Gasteiger partial charge in [-0.3, -0.25) is 4.79 Å². The maximum Gasteiger partial charge on any atom is 0.287 e. The van der Waals surface area contributed by atoms with Crippen molar-refractivity contribution in [2.45, 2.75) is 19.9 Å². The van der Waals surface area contributed by atoms with Crippen molar-refractivity contribution in [3.63, 3.8) is 0 Å². The van der Waals surface area contributed by atoms with Crippen LogP contribution in [0.1, 0.15) is 34.6 Å². The summed E-state index contributed by atoms with van der Waals surface area (Å²) < 4.78 is 37.7. The zero-order valence-electron chi connectivity index (χ0n) is 14.0. The summed E-state index contributed by atoms with van der Waals surface area (Å²) in [4.78, 5) is 12.5. The monoisotopic (exact) mass is 345 g/mol. The fourth-order valence-corrected chi connectivity index (χ4v) is 2.74. The van der Waals surface area contributed by atoms with E-state index >= 15 is 0 Å². The maximum atomic E-state index is 13.9. The number of nitrogens with one attached hydrogen (secondary N) is 1. The Morgan fingerprint density at radius 3 is 2.64 bits per heavy atom. The van der Waals surface area contributed by atoms with Crippen LogP contribution < -0.4 is 10.1 Å². The predicted octanol–water partition coefficient (Wildman–Crippen LogP) is 4.52. The molecule has 1 amide bonds. The standard InChI is InChI=1S/C19H17F2NO3/c1-10-15-9-13(24-3)5-7-17(15)25-18(10)19(23)22-11(2)14-6-4-12(20)8-16(14)21/h4-9,11H,1-3H3,(H,22,23)/t11-/m1/s1. The van der Waals surface area contributed by atoms with Crippen LogP contribution in [0.2, 0.25) is 0 Å². The third-order valence-corrected chi connectivity index (χ3v) is 4.13. The van der Waals surface area contributed by atoms with Crippen LogP contribution in [-0.2, 0) is 0 Å². The summed E-state index contributed by atoms with van der Waals surface area (Å²) in [6.45, 7) is 3.39. The zero-order chi connectivity index (χ0) is 18.1. The number of ether oxygens (including phenoxy) is 1. The first-order valence-electron chi connectivity index (χ1n) is 7.73. The molecule has 0 radical (unpaired) electrons. The summed E-state index contributed by atoms with van der Waals surface area (Å²) in [7, 11) is 1.56. The highest BCUT2D eigenvalue weighted by atomic mass is 19.1. The number of benzene rings is 2. The normalized spacial score (nSPS) is 12.2. The van der Waals surface area contributed by atoms with E-state index in [1.165, 1.54) is 6.07 Å². The maximum absolute atomic E-state index is 13.9. The van der Waals surface area contributed by atoms with Crippen molar-refractivity contribution in [3.05, 3.63) is 64.9 Å². The predicted molar refractivity (Wildman–Crippen MR) is 89.7 cm³/mol. The molecule has 6 heteroatoms. The first-order chi connectivity index (χ1) is 11.9. The highest BCUT2D eigenvalue weighted by Gasteiger charge is 2.21. The summed E-state index contributed by atoms with van der Waals surface area (Å²) in [5.41, 5.74) is 1.42. The Kier molecular flexibility index (Phi) is 4.44. The van der Waals surface area contributed by atoms with Crippen molar-refractivity contribution >= 4 is 16.9 Å². The first kappa shape index (κ1) is 17.0. The minimum Gasteiger partial charge on any atom is -0.497 e. The van der Waals surface area contributed by atoms with E-state index in [0.29, 0.717) is 16.9 Å². The van der Waals surface area contributed by atoms with Crippen LogP contribution >= 0.6 is 0 Å². The minimum atomic E-state index is -0.709. The van der Waals surface area contributed by atoms with Gasteiger partial charge in [-0.1, -0.05) is 6.07 Å². The molecule has 0 saturated carbocycles. The number of carbonyl (C=O) groups is 1. The molecule has 2 aromatic carbocycles. The molecule has 0 fully saturated rings. The number of rotatable bonds is 4. The Balaban J connectivity index is 1.88. The third kappa shape index (κ3) is 3.20. The third-order valence-electron chi connectivity index (χ3n) is 4.13. The largest absolute Gasteiger partial charge is 0.497 e. The molecule has 4 nitrogen and oxygen atoms in total. The lowest BCUT2D eigenvalue weighted by Gasteiger charge is -2.14. The van der Waals surface area contributed by atoms with Gasteiger partial charge in [0.1, 0.15) is 23.0 Å². The lowest BCUT2D eigenvalue weighted by Crippen LogP contribution is -2.27. The van der Waals surface area contributed by atoms with E-state index in [0.717, 1.165) is 17.5 Å². The van der Waals surface area contributed by atoms with Crippen LogP contribution in [0, 0.1) is 18.6 Å². The molecule has 130 valence electrons. The molecule has 0 saturated heterocycles. The van der Waals surface area contributed by atoms with E-state index in [2.05, 4.69) is 5.32 Å². The van der Waals surface area contributed by atoms with Crippen molar-refractivity contribution in [3.8, 4) is 5.75 Å². The van der Waals surface area contributed by atoms with Gasteiger partial charge in [0.25, 0.3) is 5.91 Å². The summed E-state index contributed by atoms with van der Waals surface area (Å²) >= 11 is 0. The van der Waals surface area contributed by atoms with Gasteiger partial charge in [-0.05, 0) is 38.1 Å². The summed E-state index contributed by atoms with van der Waals surface area (Å²) in [6.07, 6.45) is 0. The van der Waals surface area contributed by atoms with Crippen LogP contribution in [0.25, 0.3) is 11.0 Å². The van der Waals surface area contributed by atoms with Gasteiger partial charge in [0.15, 0.2) is 5.76 Å². The average Bonchev–Trinajstić information content (AvgIpc) is 2.91. The highest BCUT2D eigenvalue weighted by molar-refractivity contribution is 5.99. The van der Waals surface area contributed by atoms with Crippen molar-refractivity contribution in [2.75, 3.05) is 7.11 Å². The van der Waals surface area contributed by atoms with E-state index < -0.39 is 23.6 Å². The van der Waals surface area contributed by atoms with E-state index in [1.54, 1.807) is 39.2 Å². The van der Waals surface area contributed by atoms with Gasteiger partial charge in [0.2, 0.25) is 0 Å². The molecule has 25 heavy (non-hydrogen) atoms. The summed E-state index contributed by atoms with van der Waals surface area (Å²) in [6, 6.07) is 7.86. The van der Waals surface area contributed by atoms with E-state index in [1.807, 2.05) is 0 Å². The molecule has 0 bridgehead atoms. The molecule has 3 aromatic rings. The Morgan fingerprint density at radius 1 is 1.20 bits per heavy atom. The Bertz CT molecular complexity index is 949. The van der Waals surface area contributed by atoms with Crippen LogP contribution in [0.4, 0.5) is 8.78 Å². The molecule has 1 aromatic heterocycles. The molecular formula is C19H17F2NO3. The Hall–Kier alpha value is -2.89. The second-order valence-corrected chi connectivity index (χ2v) is 5.78. The second-order valence-electron chi connectivity index (χ2n) is 5.78. The first-order valence-corrected chi connectivity index (χ1v) is 7.73. The van der Waals surface area contributed by atoms with Gasteiger partial charge in [0, 0.05) is 22.6 Å². The van der Waals surface area contributed by atoms with E-state index in [4.69, 9.17) is 9.15 Å². The Morgan fingerprint density at radius 2 is 1.96 bits per heavy atom. The van der Waals surface area contributed by atoms with E-state index in [9.17, 15) is 13.6 Å². The van der Waals surface area contributed by atoms with Crippen molar-refractivity contribution < 1.29 is 22.7 Å². The minimum absolute atomic E-state index is 0.151. The molecule has 3 rings (SSSR count). The highest BCUT2D eigenvalue weighted by Crippen LogP contribution is 2.29. The fraction of sp³-hybridized carbons (Fsp3) is 0.211. The van der Waals surface area contributed by atoms with Gasteiger partial charge in [-0.25, -0.2) is 8.78 Å². The van der Waals surface area contributed by atoms with Crippen LogP contribution in [-0.4, -0.2) is 13.0 Å². The van der Waals surface area contributed by atoms with Crippen LogP contribution in [0.3, 0.4) is 0 Å². The number of aryl methyl sites for hydroxylation is 1. The lowest BCUT2D eigenvalue weighted by molar-refractivity contribution is 0.0912. The van der Waals surface area contributed by atoms with Gasteiger partial charge in [-0.2, -0.15) is 0 Å². The molecule has 0 aliphatic heterocycles. The number of amides is 1. The number of furan rings is 1. The van der Waals surface area contributed by atoms with Crippen LogP contribution in [0.5, 0.6) is 5.75 Å². The number of methoxy groups -OCH3 is 1. The molecule has 1 N–H and O–H groups in total. The summed E-state index contributed by atoms with van der Waals surface area (Å²) in [5.74, 6) is -1.03. The fourth-order valence-electron chi connectivity index (χ4n) is 2.74. The van der Waals surface area contributed by atoms with Gasteiger partial charge in [0.05, 0.1) is 13.2 Å². The number of carbonyl (C=O) groups excluding carboxylic acids is 1. The second kappa shape index (κ2) is 6.55. The number of hydrogen-bond acceptors (Lipinski definition) is 3. The molecular weight excluding hydrogens is 328 g/mol. The zero-order valence-corrected chi connectivity index (χ0v) is 14.0. The van der Waals surface area contributed by atoms with Gasteiger partial charge in [-0.15, -0.1) is 0 Å². The molecule has 1 atom stereocenters. The average molecular weight is 345 g/mol. The van der Waals surface area contributed by atoms with E-state index in [-0.39, 0.29) is 11.3 Å². The van der Waals surface area contributed by atoms with Crippen molar-refractivity contribution in [1.82, 2.24) is 5.32 Å². The SMILES string of the molecule is COc1ccc2oc(C(=O)N[C@H](C)c3ccc(F)cc3F)c(C)c2c1. The summed E-state index contributed by atoms with van der Waals surface area (Å²) in [5, 5.41) is 3.45. The van der Waals surface area contributed by atoms with Gasteiger partial charge >= 0.3 is 0 Å². The molecule has 0 aliphatic carbocycles. The van der Waals surface area contributed by atoms with Gasteiger partial charge < -0.3 is 14.5 Å². The molecule has 1 heterocycles. The molecule has 0 spiro atoms. The quantitative estimate of drug-likeness (QED) is 0.756. The lowest BCUT2D eigenvalue weighted by atomic mass is 10.1. The number of hydrogen-bond donors (Lipinski definition) is 1. The molecule has 0 aliphatic rings. The topological polar surface area (TPSA) is 51.5 Å². The molecule has 0 unspecified atom stereocenters. The van der Waals surface area contributed by atoms with Crippen molar-refractivity contribution in [1.29, 1.82) is 0 Å².